The number of hydrogen-bond donors (Lipinski definition) is 1. The van der Waals surface area contributed by atoms with Gasteiger partial charge in [-0.05, 0) is 30.6 Å². The minimum Gasteiger partial charge on any atom is -0.469 e. The normalized spacial score (nSPS) is 43.8. The topological polar surface area (TPSA) is 46.5 Å². The van der Waals surface area contributed by atoms with Gasteiger partial charge in [0.25, 0.3) is 0 Å². The van der Waals surface area contributed by atoms with Crippen molar-refractivity contribution in [2.24, 2.45) is 23.7 Å². The molecular weight excluding hydrogens is 156 g/mol. The third kappa shape index (κ3) is 0.891. The van der Waals surface area contributed by atoms with Crippen molar-refractivity contribution in [3.63, 3.8) is 0 Å². The number of hydrogen-bond acceptors (Lipinski definition) is 3. The fourth-order valence-electron chi connectivity index (χ4n) is 2.80. The Morgan fingerprint density at radius 2 is 2.33 bits per heavy atom. The van der Waals surface area contributed by atoms with E-state index in [-0.39, 0.29) is 18.5 Å². The van der Waals surface area contributed by atoms with E-state index in [1.165, 1.54) is 7.11 Å². The molecule has 0 amide bonds. The Bertz CT molecular complexity index is 202. The van der Waals surface area contributed by atoms with Crippen LogP contribution in [0.25, 0.3) is 0 Å². The van der Waals surface area contributed by atoms with Crippen LogP contribution in [0.5, 0.6) is 0 Å². The highest BCUT2D eigenvalue weighted by atomic mass is 16.5. The molecule has 0 radical (unpaired) electrons. The van der Waals surface area contributed by atoms with Gasteiger partial charge in [-0.1, -0.05) is 0 Å². The zero-order valence-electron chi connectivity index (χ0n) is 7.19. The second kappa shape index (κ2) is 2.73. The number of aliphatic hydroxyl groups excluding tert-OH is 1. The van der Waals surface area contributed by atoms with Crippen molar-refractivity contribution in [2.45, 2.75) is 12.8 Å². The van der Waals surface area contributed by atoms with Gasteiger partial charge in [-0.25, -0.2) is 0 Å². The lowest BCUT2D eigenvalue weighted by Crippen LogP contribution is -2.37. The van der Waals surface area contributed by atoms with Crippen molar-refractivity contribution < 1.29 is 14.6 Å². The first-order chi connectivity index (χ1) is 5.77. The minimum absolute atomic E-state index is 0.0767. The van der Waals surface area contributed by atoms with Crippen LogP contribution in [0.2, 0.25) is 0 Å². The number of aliphatic hydroxyl groups is 1. The highest BCUT2D eigenvalue weighted by molar-refractivity contribution is 5.74. The summed E-state index contributed by atoms with van der Waals surface area (Å²) in [6, 6.07) is 0. The van der Waals surface area contributed by atoms with E-state index >= 15 is 0 Å². The standard InChI is InChI=1S/C9H14O3/c1-12-9(11)8-5-2-6(4-10)7(8)3-5/h5-8,10H,2-4H2,1H3/t5-,6-,7-,8+/m1/s1. The maximum absolute atomic E-state index is 11.2. The fraction of sp³-hybridized carbons (Fsp3) is 0.889. The summed E-state index contributed by atoms with van der Waals surface area (Å²) in [4.78, 5) is 11.2. The highest BCUT2D eigenvalue weighted by Gasteiger charge is 2.56. The van der Waals surface area contributed by atoms with Gasteiger partial charge >= 0.3 is 5.97 Å². The molecule has 0 saturated heterocycles. The predicted molar refractivity (Wildman–Crippen MR) is 42.3 cm³/mol. The molecule has 2 bridgehead atoms. The molecular formula is C9H14O3. The number of carbonyl (C=O) groups excluding carboxylic acids is 1. The van der Waals surface area contributed by atoms with Crippen LogP contribution >= 0.6 is 0 Å². The molecule has 3 rings (SSSR count). The first-order valence-corrected chi connectivity index (χ1v) is 4.46. The molecule has 0 heterocycles. The third-order valence-corrected chi connectivity index (χ3v) is 3.46. The molecule has 3 aliphatic rings. The number of carbonyl (C=O) groups is 1. The summed E-state index contributed by atoms with van der Waals surface area (Å²) in [7, 11) is 1.44. The van der Waals surface area contributed by atoms with Crippen LogP contribution in [-0.2, 0) is 9.53 Å². The lowest BCUT2D eigenvalue weighted by Gasteiger charge is -2.34. The molecule has 4 atom stereocenters. The van der Waals surface area contributed by atoms with E-state index < -0.39 is 0 Å². The molecule has 0 aromatic heterocycles. The Hall–Kier alpha value is -0.570. The van der Waals surface area contributed by atoms with Crippen LogP contribution in [0, 0.1) is 23.7 Å². The van der Waals surface area contributed by atoms with Gasteiger partial charge in [0.15, 0.2) is 0 Å². The quantitative estimate of drug-likeness (QED) is 0.611. The SMILES string of the molecule is COC(=O)[C@H]1[C@@H]2C[C@H](CO)[C@H]1C2. The maximum atomic E-state index is 11.2. The van der Waals surface area contributed by atoms with Gasteiger partial charge in [0.1, 0.15) is 0 Å². The Morgan fingerprint density at radius 3 is 2.83 bits per heavy atom. The van der Waals surface area contributed by atoms with Crippen LogP contribution in [-0.4, -0.2) is 24.8 Å². The van der Waals surface area contributed by atoms with Gasteiger partial charge < -0.3 is 9.84 Å². The lowest BCUT2D eigenvalue weighted by atomic mass is 9.71. The average Bonchev–Trinajstić information content (AvgIpc) is 2.59. The van der Waals surface area contributed by atoms with Gasteiger partial charge in [0.05, 0.1) is 13.0 Å². The molecule has 3 saturated carbocycles. The molecule has 0 aromatic carbocycles. The van der Waals surface area contributed by atoms with Gasteiger partial charge in [0.2, 0.25) is 0 Å². The summed E-state index contributed by atoms with van der Waals surface area (Å²) in [5.74, 6) is 1.30. The second-order valence-electron chi connectivity index (χ2n) is 3.89. The molecule has 3 aliphatic carbocycles. The summed E-state index contributed by atoms with van der Waals surface area (Å²) < 4.78 is 4.71. The van der Waals surface area contributed by atoms with Crippen LogP contribution in [0.15, 0.2) is 0 Å². The monoisotopic (exact) mass is 170 g/mol. The zero-order chi connectivity index (χ0) is 8.72. The number of esters is 1. The molecule has 0 aromatic rings. The van der Waals surface area contributed by atoms with Crippen LogP contribution in [0.1, 0.15) is 12.8 Å². The van der Waals surface area contributed by atoms with E-state index in [0.717, 1.165) is 12.8 Å². The lowest BCUT2D eigenvalue weighted by molar-refractivity contribution is -0.153. The summed E-state index contributed by atoms with van der Waals surface area (Å²) >= 11 is 0. The van der Waals surface area contributed by atoms with Gasteiger partial charge in [-0.3, -0.25) is 4.79 Å². The number of ether oxygens (including phenoxy) is 1. The zero-order valence-corrected chi connectivity index (χ0v) is 7.19. The van der Waals surface area contributed by atoms with Crippen molar-refractivity contribution in [1.29, 1.82) is 0 Å². The van der Waals surface area contributed by atoms with E-state index in [2.05, 4.69) is 0 Å². The van der Waals surface area contributed by atoms with E-state index in [0.29, 0.717) is 17.8 Å². The van der Waals surface area contributed by atoms with Crippen molar-refractivity contribution in [3.8, 4) is 0 Å². The van der Waals surface area contributed by atoms with Crippen molar-refractivity contribution in [2.75, 3.05) is 13.7 Å². The summed E-state index contributed by atoms with van der Waals surface area (Å²) in [5, 5.41) is 8.98. The van der Waals surface area contributed by atoms with Crippen LogP contribution in [0.3, 0.4) is 0 Å². The molecule has 3 fully saturated rings. The predicted octanol–water partition coefficient (Wildman–Crippen LogP) is 0.424. The van der Waals surface area contributed by atoms with E-state index in [4.69, 9.17) is 9.84 Å². The van der Waals surface area contributed by atoms with Crippen LogP contribution in [0.4, 0.5) is 0 Å². The Balaban J connectivity index is 2.01. The number of rotatable bonds is 2. The summed E-state index contributed by atoms with van der Waals surface area (Å²) in [6.45, 7) is 0.231. The number of fused-ring (bicyclic) bond motifs is 1. The molecule has 1 N–H and O–H groups in total. The Kier molecular flexibility index (Phi) is 1.83. The van der Waals surface area contributed by atoms with Crippen LogP contribution < -0.4 is 0 Å². The van der Waals surface area contributed by atoms with E-state index in [1.807, 2.05) is 0 Å². The van der Waals surface area contributed by atoms with Gasteiger partial charge in [-0.15, -0.1) is 0 Å². The fourth-order valence-corrected chi connectivity index (χ4v) is 2.80. The molecule has 3 heteroatoms. The van der Waals surface area contributed by atoms with E-state index in [9.17, 15) is 4.79 Å². The van der Waals surface area contributed by atoms with E-state index in [1.54, 1.807) is 0 Å². The molecule has 0 spiro atoms. The molecule has 0 unspecified atom stereocenters. The summed E-state index contributed by atoms with van der Waals surface area (Å²) in [6.07, 6.45) is 2.13. The van der Waals surface area contributed by atoms with Crippen molar-refractivity contribution >= 4 is 5.97 Å². The Morgan fingerprint density at radius 1 is 1.58 bits per heavy atom. The highest BCUT2D eigenvalue weighted by Crippen LogP contribution is 2.57. The third-order valence-electron chi connectivity index (χ3n) is 3.46. The first-order valence-electron chi connectivity index (χ1n) is 4.46. The molecule has 68 valence electrons. The molecule has 12 heavy (non-hydrogen) atoms. The minimum atomic E-state index is -0.0767. The number of methoxy groups -OCH3 is 1. The largest absolute Gasteiger partial charge is 0.469 e. The van der Waals surface area contributed by atoms with Gasteiger partial charge in [-0.2, -0.15) is 0 Å². The first kappa shape index (κ1) is 8.05. The van der Waals surface area contributed by atoms with Crippen molar-refractivity contribution in [1.82, 2.24) is 0 Å². The molecule has 0 aliphatic heterocycles. The summed E-state index contributed by atoms with van der Waals surface area (Å²) in [5.41, 5.74) is 0. The van der Waals surface area contributed by atoms with Gasteiger partial charge in [0, 0.05) is 6.61 Å². The maximum Gasteiger partial charge on any atom is 0.309 e. The second-order valence-corrected chi connectivity index (χ2v) is 3.89. The van der Waals surface area contributed by atoms with Crippen molar-refractivity contribution in [3.05, 3.63) is 0 Å². The smallest absolute Gasteiger partial charge is 0.309 e. The average molecular weight is 170 g/mol. The molecule has 3 nitrogen and oxygen atoms in total. The Labute approximate surface area is 71.7 Å².